The van der Waals surface area contributed by atoms with Gasteiger partial charge in [0.1, 0.15) is 0 Å². The van der Waals surface area contributed by atoms with Gasteiger partial charge in [-0.25, -0.2) is 0 Å². The van der Waals surface area contributed by atoms with E-state index < -0.39 is 0 Å². The van der Waals surface area contributed by atoms with Crippen LogP contribution in [0.5, 0.6) is 0 Å². The summed E-state index contributed by atoms with van der Waals surface area (Å²) in [5, 5.41) is 5.78. The molecule has 136 valence electrons. The minimum absolute atomic E-state index is 0.0653. The molecule has 2 aromatic rings. The predicted molar refractivity (Wildman–Crippen MR) is 106 cm³/mol. The highest BCUT2D eigenvalue weighted by atomic mass is 16.2. The third kappa shape index (κ3) is 4.42. The van der Waals surface area contributed by atoms with Crippen LogP contribution < -0.4 is 15.5 Å². The van der Waals surface area contributed by atoms with Crippen molar-refractivity contribution in [1.82, 2.24) is 0 Å². The molecule has 0 aromatic heterocycles. The topological polar surface area (TPSA) is 61.4 Å². The normalized spacial score (nSPS) is 13.2. The molecule has 0 heterocycles. The molecule has 1 aliphatic rings. The molecular weight excluding hydrogens is 326 g/mol. The number of nitrogens with zero attached hydrogens (tertiary/aromatic N) is 1. The molecule has 1 fully saturated rings. The SMILES string of the molecule is CCN(CC)c1ccc(NC(=O)c2ccc(NC(=O)C3CC3)cc2)cc1. The standard InChI is InChI=1S/C21H25N3O2/c1-3-24(4-2)19-13-11-18(12-14-19)23-21(26)16-7-9-17(10-8-16)22-20(25)15-5-6-15/h7-15H,3-6H2,1-2H3,(H,22,25)(H,23,26). The van der Waals surface area contributed by atoms with Crippen LogP contribution in [0, 0.1) is 5.92 Å². The quantitative estimate of drug-likeness (QED) is 0.788. The van der Waals surface area contributed by atoms with E-state index in [1.165, 1.54) is 0 Å². The first kappa shape index (κ1) is 18.0. The number of hydrogen-bond donors (Lipinski definition) is 2. The molecule has 2 amide bonds. The van der Waals surface area contributed by atoms with Crippen LogP contribution >= 0.6 is 0 Å². The van der Waals surface area contributed by atoms with E-state index in [9.17, 15) is 9.59 Å². The molecule has 5 nitrogen and oxygen atoms in total. The van der Waals surface area contributed by atoms with Gasteiger partial charge in [-0.1, -0.05) is 0 Å². The van der Waals surface area contributed by atoms with Gasteiger partial charge in [0.2, 0.25) is 5.91 Å². The van der Waals surface area contributed by atoms with Crippen molar-refractivity contribution >= 4 is 28.9 Å². The van der Waals surface area contributed by atoms with Gasteiger partial charge in [-0.15, -0.1) is 0 Å². The average Bonchev–Trinajstić information content (AvgIpc) is 3.50. The summed E-state index contributed by atoms with van der Waals surface area (Å²) in [5.74, 6) is 0.0634. The van der Waals surface area contributed by atoms with E-state index in [2.05, 4.69) is 29.4 Å². The zero-order valence-electron chi connectivity index (χ0n) is 15.3. The van der Waals surface area contributed by atoms with Crippen LogP contribution in [0.3, 0.4) is 0 Å². The lowest BCUT2D eigenvalue weighted by Crippen LogP contribution is -2.21. The van der Waals surface area contributed by atoms with Crippen molar-refractivity contribution < 1.29 is 9.59 Å². The number of rotatable bonds is 7. The molecule has 0 spiro atoms. The fraction of sp³-hybridized carbons (Fsp3) is 0.333. The van der Waals surface area contributed by atoms with Crippen molar-refractivity contribution in [2.45, 2.75) is 26.7 Å². The van der Waals surface area contributed by atoms with Crippen molar-refractivity contribution in [2.75, 3.05) is 28.6 Å². The van der Waals surface area contributed by atoms with E-state index in [1.807, 2.05) is 24.3 Å². The number of hydrogen-bond acceptors (Lipinski definition) is 3. The van der Waals surface area contributed by atoms with Gasteiger partial charge in [0.15, 0.2) is 0 Å². The van der Waals surface area contributed by atoms with Crippen LogP contribution in [0.15, 0.2) is 48.5 Å². The van der Waals surface area contributed by atoms with Gasteiger partial charge in [-0.2, -0.15) is 0 Å². The molecule has 0 radical (unpaired) electrons. The second-order valence-electron chi connectivity index (χ2n) is 6.51. The Hall–Kier alpha value is -2.82. The van der Waals surface area contributed by atoms with Crippen molar-refractivity contribution in [3.05, 3.63) is 54.1 Å². The maximum absolute atomic E-state index is 12.4. The first-order valence-electron chi connectivity index (χ1n) is 9.18. The Balaban J connectivity index is 1.59. The summed E-state index contributed by atoms with van der Waals surface area (Å²) in [7, 11) is 0. The molecule has 1 saturated carbocycles. The molecule has 26 heavy (non-hydrogen) atoms. The number of benzene rings is 2. The van der Waals surface area contributed by atoms with Crippen LogP contribution in [0.1, 0.15) is 37.0 Å². The van der Waals surface area contributed by atoms with Crippen LogP contribution in [0.25, 0.3) is 0 Å². The number of anilines is 3. The van der Waals surface area contributed by atoms with E-state index >= 15 is 0 Å². The highest BCUT2D eigenvalue weighted by Gasteiger charge is 2.29. The minimum atomic E-state index is -0.166. The molecule has 0 aliphatic heterocycles. The smallest absolute Gasteiger partial charge is 0.255 e. The lowest BCUT2D eigenvalue weighted by molar-refractivity contribution is -0.117. The lowest BCUT2D eigenvalue weighted by atomic mass is 10.1. The Kier molecular flexibility index (Phi) is 5.56. The summed E-state index contributed by atoms with van der Waals surface area (Å²) in [6.07, 6.45) is 1.94. The lowest BCUT2D eigenvalue weighted by Gasteiger charge is -2.21. The Labute approximate surface area is 154 Å². The van der Waals surface area contributed by atoms with Gasteiger partial charge in [0.25, 0.3) is 5.91 Å². The van der Waals surface area contributed by atoms with Gasteiger partial charge in [-0.3, -0.25) is 9.59 Å². The largest absolute Gasteiger partial charge is 0.372 e. The van der Waals surface area contributed by atoms with Crippen LogP contribution in [0.2, 0.25) is 0 Å². The highest BCUT2D eigenvalue weighted by molar-refractivity contribution is 6.04. The molecule has 2 N–H and O–H groups in total. The summed E-state index contributed by atoms with van der Waals surface area (Å²) in [6, 6.07) is 14.8. The summed E-state index contributed by atoms with van der Waals surface area (Å²) in [5.41, 5.74) is 3.19. The van der Waals surface area contributed by atoms with Gasteiger partial charge in [0, 0.05) is 41.6 Å². The fourth-order valence-electron chi connectivity index (χ4n) is 2.84. The Morgan fingerprint density at radius 2 is 1.42 bits per heavy atom. The van der Waals surface area contributed by atoms with Gasteiger partial charge < -0.3 is 15.5 Å². The fourth-order valence-corrected chi connectivity index (χ4v) is 2.84. The Bertz CT molecular complexity index is 761. The van der Waals surface area contributed by atoms with E-state index in [1.54, 1.807) is 24.3 Å². The molecule has 0 saturated heterocycles. The number of carbonyl (C=O) groups is 2. The molecule has 5 heteroatoms. The predicted octanol–water partition coefficient (Wildman–Crippen LogP) is 4.13. The summed E-state index contributed by atoms with van der Waals surface area (Å²) < 4.78 is 0. The second kappa shape index (κ2) is 8.04. The molecular formula is C21H25N3O2. The van der Waals surface area contributed by atoms with E-state index in [0.717, 1.165) is 43.0 Å². The van der Waals surface area contributed by atoms with Gasteiger partial charge in [0.05, 0.1) is 0 Å². The van der Waals surface area contributed by atoms with E-state index in [4.69, 9.17) is 0 Å². The van der Waals surface area contributed by atoms with Crippen LogP contribution in [-0.2, 0) is 4.79 Å². The molecule has 3 rings (SSSR count). The summed E-state index contributed by atoms with van der Waals surface area (Å²) in [6.45, 7) is 6.14. The maximum Gasteiger partial charge on any atom is 0.255 e. The zero-order chi connectivity index (χ0) is 18.5. The summed E-state index contributed by atoms with van der Waals surface area (Å²) >= 11 is 0. The first-order chi connectivity index (χ1) is 12.6. The first-order valence-corrected chi connectivity index (χ1v) is 9.18. The molecule has 1 aliphatic carbocycles. The van der Waals surface area contributed by atoms with Gasteiger partial charge in [-0.05, 0) is 75.2 Å². The number of amides is 2. The molecule has 2 aromatic carbocycles. The van der Waals surface area contributed by atoms with Crippen molar-refractivity contribution in [1.29, 1.82) is 0 Å². The third-order valence-electron chi connectivity index (χ3n) is 4.62. The van der Waals surface area contributed by atoms with Gasteiger partial charge >= 0.3 is 0 Å². The van der Waals surface area contributed by atoms with Crippen LogP contribution in [-0.4, -0.2) is 24.9 Å². The molecule has 0 unspecified atom stereocenters. The van der Waals surface area contributed by atoms with Crippen molar-refractivity contribution in [3.63, 3.8) is 0 Å². The second-order valence-corrected chi connectivity index (χ2v) is 6.51. The van der Waals surface area contributed by atoms with Crippen molar-refractivity contribution in [2.24, 2.45) is 5.92 Å². The maximum atomic E-state index is 12.4. The Morgan fingerprint density at radius 3 is 1.96 bits per heavy atom. The zero-order valence-corrected chi connectivity index (χ0v) is 15.3. The number of carbonyl (C=O) groups excluding carboxylic acids is 2. The average molecular weight is 351 g/mol. The Morgan fingerprint density at radius 1 is 0.885 bits per heavy atom. The van der Waals surface area contributed by atoms with E-state index in [-0.39, 0.29) is 17.7 Å². The minimum Gasteiger partial charge on any atom is -0.372 e. The van der Waals surface area contributed by atoms with Crippen molar-refractivity contribution in [3.8, 4) is 0 Å². The number of nitrogens with one attached hydrogen (secondary N) is 2. The molecule has 0 bridgehead atoms. The molecule has 0 atom stereocenters. The van der Waals surface area contributed by atoms with Crippen LogP contribution in [0.4, 0.5) is 17.1 Å². The van der Waals surface area contributed by atoms with E-state index in [0.29, 0.717) is 5.56 Å². The highest BCUT2D eigenvalue weighted by Crippen LogP contribution is 2.30. The third-order valence-corrected chi connectivity index (χ3v) is 4.62. The summed E-state index contributed by atoms with van der Waals surface area (Å²) in [4.78, 5) is 26.4. The monoisotopic (exact) mass is 351 g/mol.